The molecule has 0 fully saturated rings. The lowest BCUT2D eigenvalue weighted by Crippen LogP contribution is -2.15. The van der Waals surface area contributed by atoms with E-state index in [1.165, 1.54) is 12.1 Å². The van der Waals surface area contributed by atoms with Gasteiger partial charge in [-0.15, -0.1) is 0 Å². The highest BCUT2D eigenvalue weighted by Gasteiger charge is 2.15. The summed E-state index contributed by atoms with van der Waals surface area (Å²) >= 11 is 4.65. The highest BCUT2D eigenvalue weighted by molar-refractivity contribution is 7.81. The summed E-state index contributed by atoms with van der Waals surface area (Å²) in [4.78, 5) is 0. The van der Waals surface area contributed by atoms with E-state index in [1.807, 2.05) is 0 Å². The molecule has 0 heterocycles. The molecule has 0 aliphatic heterocycles. The van der Waals surface area contributed by atoms with Gasteiger partial charge in [0.15, 0.2) is 0 Å². The van der Waals surface area contributed by atoms with Gasteiger partial charge in [0.1, 0.15) is 0 Å². The van der Waals surface area contributed by atoms with E-state index in [-0.39, 0.29) is 4.75 Å². The van der Waals surface area contributed by atoms with Crippen LogP contribution in [0.4, 0.5) is 0 Å². The molecule has 0 aliphatic rings. The molecule has 0 rings (SSSR count). The highest BCUT2D eigenvalue weighted by Crippen LogP contribution is 2.25. The summed E-state index contributed by atoms with van der Waals surface area (Å²) in [6, 6.07) is 0. The van der Waals surface area contributed by atoms with Crippen molar-refractivity contribution < 1.29 is 0 Å². The van der Waals surface area contributed by atoms with E-state index in [2.05, 4.69) is 51.4 Å². The van der Waals surface area contributed by atoms with E-state index in [9.17, 15) is 0 Å². The van der Waals surface area contributed by atoms with Gasteiger partial charge in [-0.2, -0.15) is 12.6 Å². The molecule has 1 nitrogen and oxygen atoms in total. The Morgan fingerprint density at radius 2 is 2.14 bits per heavy atom. The van der Waals surface area contributed by atoms with Crippen molar-refractivity contribution in [2.75, 3.05) is 0 Å². The van der Waals surface area contributed by atoms with Crippen molar-refractivity contribution in [1.82, 2.24) is 5.32 Å². The van der Waals surface area contributed by atoms with Crippen LogP contribution in [0.25, 0.3) is 0 Å². The number of hydrogen-bond donors (Lipinski definition) is 2. The molecule has 0 aromatic rings. The average molecular weight is 213 g/mol. The Morgan fingerprint density at radius 1 is 1.50 bits per heavy atom. The highest BCUT2D eigenvalue weighted by atomic mass is 32.1. The summed E-state index contributed by atoms with van der Waals surface area (Å²) in [5.74, 6) is 0. The molecular weight excluding hydrogens is 190 g/mol. The molecule has 0 bridgehead atoms. The van der Waals surface area contributed by atoms with E-state index in [1.54, 1.807) is 6.20 Å². The molecule has 0 radical (unpaired) electrons. The largest absolute Gasteiger partial charge is 0.366 e. The Bertz CT molecular complexity index is 194. The third-order valence-electron chi connectivity index (χ3n) is 2.25. The fourth-order valence-corrected chi connectivity index (χ4v) is 1.74. The van der Waals surface area contributed by atoms with Crippen molar-refractivity contribution in [2.45, 2.75) is 51.2 Å². The lowest BCUT2D eigenvalue weighted by atomic mass is 10.00. The summed E-state index contributed by atoms with van der Waals surface area (Å²) in [5.41, 5.74) is 1.23. The van der Waals surface area contributed by atoms with E-state index in [0.717, 1.165) is 19.3 Å². The predicted octanol–water partition coefficient (Wildman–Crippen LogP) is 3.89. The third-order valence-corrected chi connectivity index (χ3v) is 2.65. The summed E-state index contributed by atoms with van der Waals surface area (Å²) in [6.07, 6.45) is 8.31. The summed E-state index contributed by atoms with van der Waals surface area (Å²) < 4.78 is 0.123. The summed E-state index contributed by atoms with van der Waals surface area (Å²) in [5, 5.41) is 3.14. The molecule has 14 heavy (non-hydrogen) atoms. The first-order chi connectivity index (χ1) is 6.55. The van der Waals surface area contributed by atoms with Crippen LogP contribution < -0.4 is 5.32 Å². The minimum absolute atomic E-state index is 0.123. The van der Waals surface area contributed by atoms with Gasteiger partial charge in [-0.25, -0.2) is 0 Å². The maximum atomic E-state index is 4.65. The Morgan fingerprint density at radius 3 is 2.57 bits per heavy atom. The van der Waals surface area contributed by atoms with Crippen LogP contribution >= 0.6 is 12.6 Å². The first kappa shape index (κ1) is 13.6. The predicted molar refractivity (Wildman–Crippen MR) is 68.6 cm³/mol. The molecule has 0 saturated heterocycles. The van der Waals surface area contributed by atoms with E-state index >= 15 is 0 Å². The van der Waals surface area contributed by atoms with Crippen molar-refractivity contribution in [1.29, 1.82) is 0 Å². The zero-order chi connectivity index (χ0) is 11.0. The minimum atomic E-state index is 0.123. The van der Waals surface area contributed by atoms with Crippen LogP contribution in [0.1, 0.15) is 46.5 Å². The quantitative estimate of drug-likeness (QED) is 0.611. The average Bonchev–Trinajstić information content (AvgIpc) is 2.12. The number of hydrogen-bond acceptors (Lipinski definition) is 2. The van der Waals surface area contributed by atoms with Crippen molar-refractivity contribution in [2.24, 2.45) is 0 Å². The van der Waals surface area contributed by atoms with Crippen molar-refractivity contribution in [3.8, 4) is 0 Å². The maximum Gasteiger partial charge on any atom is 0.0136 e. The number of rotatable bonds is 7. The standard InChI is InChI=1S/C12H23NS/c1-5-9-12(4,14)10-8-11(6-2)13-7-3/h7-8,13-14H,3,5-6,9-10H2,1-2,4H3/b11-8+. The monoisotopic (exact) mass is 213 g/mol. The fourth-order valence-electron chi connectivity index (χ4n) is 1.42. The van der Waals surface area contributed by atoms with Gasteiger partial charge in [0.05, 0.1) is 0 Å². The van der Waals surface area contributed by atoms with Gasteiger partial charge in [0.25, 0.3) is 0 Å². The summed E-state index contributed by atoms with van der Waals surface area (Å²) in [7, 11) is 0. The normalized spacial score (nSPS) is 16.1. The Hall–Kier alpha value is -0.370. The van der Waals surface area contributed by atoms with Crippen LogP contribution in [0, 0.1) is 0 Å². The van der Waals surface area contributed by atoms with Crippen LogP contribution in [0.5, 0.6) is 0 Å². The Balaban J connectivity index is 4.14. The zero-order valence-corrected chi connectivity index (χ0v) is 10.5. The second kappa shape index (κ2) is 6.99. The Labute approximate surface area is 94.1 Å². The van der Waals surface area contributed by atoms with Crippen LogP contribution in [0.2, 0.25) is 0 Å². The van der Waals surface area contributed by atoms with Gasteiger partial charge in [0.2, 0.25) is 0 Å². The third kappa shape index (κ3) is 6.14. The van der Waals surface area contributed by atoms with Gasteiger partial charge < -0.3 is 5.32 Å². The SMILES string of the molecule is C=CN/C(=C/CC(C)(S)CCC)CC. The van der Waals surface area contributed by atoms with Crippen molar-refractivity contribution >= 4 is 12.6 Å². The van der Waals surface area contributed by atoms with Gasteiger partial charge in [-0.05, 0) is 25.5 Å². The topological polar surface area (TPSA) is 12.0 Å². The van der Waals surface area contributed by atoms with Crippen molar-refractivity contribution in [3.63, 3.8) is 0 Å². The second-order valence-corrected chi connectivity index (χ2v) is 4.96. The zero-order valence-electron chi connectivity index (χ0n) is 9.64. The minimum Gasteiger partial charge on any atom is -0.366 e. The van der Waals surface area contributed by atoms with E-state index in [0.29, 0.717) is 0 Å². The molecule has 0 aromatic heterocycles. The number of nitrogens with one attached hydrogen (secondary N) is 1. The molecule has 82 valence electrons. The van der Waals surface area contributed by atoms with Crippen LogP contribution in [0.3, 0.4) is 0 Å². The molecule has 1 N–H and O–H groups in total. The lowest BCUT2D eigenvalue weighted by Gasteiger charge is -2.21. The molecule has 1 atom stereocenters. The van der Waals surface area contributed by atoms with Gasteiger partial charge in [0, 0.05) is 10.4 Å². The molecule has 0 saturated carbocycles. The molecule has 1 unspecified atom stereocenters. The van der Waals surface area contributed by atoms with E-state index in [4.69, 9.17) is 0 Å². The van der Waals surface area contributed by atoms with E-state index < -0.39 is 0 Å². The second-order valence-electron chi connectivity index (χ2n) is 3.88. The van der Waals surface area contributed by atoms with Gasteiger partial charge in [-0.3, -0.25) is 0 Å². The molecular formula is C12H23NS. The molecule has 2 heteroatoms. The smallest absolute Gasteiger partial charge is 0.0136 e. The number of thiol groups is 1. The number of allylic oxidation sites excluding steroid dienone is 2. The van der Waals surface area contributed by atoms with Crippen molar-refractivity contribution in [3.05, 3.63) is 24.6 Å². The van der Waals surface area contributed by atoms with Crippen LogP contribution in [-0.2, 0) is 0 Å². The first-order valence-electron chi connectivity index (χ1n) is 5.34. The van der Waals surface area contributed by atoms with Gasteiger partial charge >= 0.3 is 0 Å². The molecule has 0 aliphatic carbocycles. The molecule has 0 spiro atoms. The fraction of sp³-hybridized carbons (Fsp3) is 0.667. The van der Waals surface area contributed by atoms with Crippen LogP contribution in [-0.4, -0.2) is 4.75 Å². The Kier molecular flexibility index (Phi) is 6.81. The maximum absolute atomic E-state index is 4.65. The first-order valence-corrected chi connectivity index (χ1v) is 5.79. The lowest BCUT2D eigenvalue weighted by molar-refractivity contribution is 0.585. The van der Waals surface area contributed by atoms with Gasteiger partial charge in [-0.1, -0.05) is 39.8 Å². The molecule has 0 amide bonds. The molecule has 0 aromatic carbocycles. The van der Waals surface area contributed by atoms with Crippen LogP contribution in [0.15, 0.2) is 24.6 Å². The summed E-state index contributed by atoms with van der Waals surface area (Å²) in [6.45, 7) is 10.2.